The molecule has 14 heavy (non-hydrogen) atoms. The van der Waals surface area contributed by atoms with E-state index in [0.717, 1.165) is 0 Å². The van der Waals surface area contributed by atoms with Gasteiger partial charge >= 0.3 is 0 Å². The first-order valence-corrected chi connectivity index (χ1v) is 4.95. The summed E-state index contributed by atoms with van der Waals surface area (Å²) in [5.41, 5.74) is 0.543. The van der Waals surface area contributed by atoms with Crippen molar-refractivity contribution in [3.8, 4) is 5.75 Å². The quantitative estimate of drug-likeness (QED) is 0.749. The Balaban J connectivity index is 3.11. The Hall–Kier alpha value is -0.760. The van der Waals surface area contributed by atoms with Gasteiger partial charge in [0.2, 0.25) is 0 Å². The summed E-state index contributed by atoms with van der Waals surface area (Å²) >= 11 is 5.99. The first kappa shape index (κ1) is 11.3. The van der Waals surface area contributed by atoms with Crippen molar-refractivity contribution in [1.82, 2.24) is 0 Å². The fourth-order valence-corrected chi connectivity index (χ4v) is 1.64. The molecule has 0 spiro atoms. The molecule has 0 saturated carbocycles. The molecular formula is C11H14ClFO. The Morgan fingerprint density at radius 2 is 2.07 bits per heavy atom. The highest BCUT2D eigenvalue weighted by Gasteiger charge is 2.13. The lowest BCUT2D eigenvalue weighted by molar-refractivity contribution is 0.412. The van der Waals surface area contributed by atoms with Crippen LogP contribution in [0.2, 0.25) is 5.02 Å². The van der Waals surface area contributed by atoms with Crippen molar-refractivity contribution >= 4 is 11.6 Å². The van der Waals surface area contributed by atoms with Crippen molar-refractivity contribution in [3.63, 3.8) is 0 Å². The molecule has 0 aliphatic heterocycles. The Morgan fingerprint density at radius 1 is 1.43 bits per heavy atom. The molecule has 0 amide bonds. The Bertz CT molecular complexity index is 323. The minimum absolute atomic E-state index is 0.260. The molecule has 0 aliphatic rings. The van der Waals surface area contributed by atoms with Gasteiger partial charge < -0.3 is 4.74 Å². The van der Waals surface area contributed by atoms with E-state index in [2.05, 4.69) is 0 Å². The molecule has 0 heterocycles. The predicted molar refractivity (Wildman–Crippen MR) is 56.5 cm³/mol. The van der Waals surface area contributed by atoms with Crippen molar-refractivity contribution < 1.29 is 9.13 Å². The standard InChI is InChI=1S/C11H14ClFO/c1-7(2)6-8-9(13)4-5-10(14-3)11(8)12/h4-5,7H,6H2,1-3H3. The van der Waals surface area contributed by atoms with E-state index in [4.69, 9.17) is 16.3 Å². The summed E-state index contributed by atoms with van der Waals surface area (Å²) in [6.07, 6.45) is 0.627. The van der Waals surface area contributed by atoms with Gasteiger partial charge in [-0.1, -0.05) is 25.4 Å². The van der Waals surface area contributed by atoms with Crippen LogP contribution < -0.4 is 4.74 Å². The van der Waals surface area contributed by atoms with E-state index in [1.54, 1.807) is 6.07 Å². The summed E-state index contributed by atoms with van der Waals surface area (Å²) in [5, 5.41) is 0.390. The smallest absolute Gasteiger partial charge is 0.137 e. The summed E-state index contributed by atoms with van der Waals surface area (Å²) in [6.45, 7) is 4.05. The Morgan fingerprint density at radius 3 is 2.57 bits per heavy atom. The summed E-state index contributed by atoms with van der Waals surface area (Å²) in [7, 11) is 1.53. The van der Waals surface area contributed by atoms with Gasteiger partial charge in [-0.05, 0) is 24.5 Å². The van der Waals surface area contributed by atoms with Crippen LogP contribution in [0.3, 0.4) is 0 Å². The van der Waals surface area contributed by atoms with Crippen LogP contribution in [0, 0.1) is 11.7 Å². The third-order valence-electron chi connectivity index (χ3n) is 1.98. The number of rotatable bonds is 3. The fraction of sp³-hybridized carbons (Fsp3) is 0.455. The molecule has 3 heteroatoms. The van der Waals surface area contributed by atoms with E-state index in [0.29, 0.717) is 28.7 Å². The van der Waals surface area contributed by atoms with Crippen molar-refractivity contribution in [2.24, 2.45) is 5.92 Å². The number of benzene rings is 1. The third kappa shape index (κ3) is 2.38. The van der Waals surface area contributed by atoms with Crippen LogP contribution in [0.1, 0.15) is 19.4 Å². The zero-order chi connectivity index (χ0) is 10.7. The highest BCUT2D eigenvalue weighted by Crippen LogP contribution is 2.31. The number of ether oxygens (including phenoxy) is 1. The monoisotopic (exact) mass is 216 g/mol. The van der Waals surface area contributed by atoms with E-state index >= 15 is 0 Å². The molecule has 0 N–H and O–H groups in total. The summed E-state index contributed by atoms with van der Waals surface area (Å²) < 4.78 is 18.4. The lowest BCUT2D eigenvalue weighted by Gasteiger charge is -2.11. The summed E-state index contributed by atoms with van der Waals surface area (Å²) in [4.78, 5) is 0. The van der Waals surface area contributed by atoms with Crippen LogP contribution in [0.4, 0.5) is 4.39 Å². The minimum Gasteiger partial charge on any atom is -0.495 e. The van der Waals surface area contributed by atoms with Gasteiger partial charge in [-0.15, -0.1) is 0 Å². The fourth-order valence-electron chi connectivity index (χ4n) is 1.33. The second-order valence-electron chi connectivity index (χ2n) is 3.64. The molecule has 0 fully saturated rings. The maximum Gasteiger partial charge on any atom is 0.137 e. The topological polar surface area (TPSA) is 9.23 Å². The Kier molecular flexibility index (Phi) is 3.76. The molecular weight excluding hydrogens is 203 g/mol. The number of methoxy groups -OCH3 is 1. The summed E-state index contributed by atoms with van der Waals surface area (Å²) in [5.74, 6) is 0.641. The average molecular weight is 217 g/mol. The van der Waals surface area contributed by atoms with Crippen molar-refractivity contribution in [3.05, 3.63) is 28.5 Å². The summed E-state index contributed by atoms with van der Waals surface area (Å²) in [6, 6.07) is 2.93. The average Bonchev–Trinajstić information content (AvgIpc) is 2.12. The van der Waals surface area contributed by atoms with E-state index in [-0.39, 0.29) is 5.82 Å². The first-order valence-electron chi connectivity index (χ1n) is 4.57. The van der Waals surface area contributed by atoms with Gasteiger partial charge in [-0.3, -0.25) is 0 Å². The van der Waals surface area contributed by atoms with Gasteiger partial charge in [0, 0.05) is 5.56 Å². The molecule has 78 valence electrons. The van der Waals surface area contributed by atoms with Gasteiger partial charge in [-0.25, -0.2) is 4.39 Å². The van der Waals surface area contributed by atoms with Crippen LogP contribution in [-0.2, 0) is 6.42 Å². The van der Waals surface area contributed by atoms with E-state index in [1.807, 2.05) is 13.8 Å². The molecule has 0 aliphatic carbocycles. The van der Waals surface area contributed by atoms with Gasteiger partial charge in [0.25, 0.3) is 0 Å². The maximum atomic E-state index is 13.4. The molecule has 0 bridgehead atoms. The molecule has 1 aromatic rings. The Labute approximate surface area is 88.8 Å². The molecule has 1 rings (SSSR count). The van der Waals surface area contributed by atoms with Gasteiger partial charge in [0.05, 0.1) is 12.1 Å². The first-order chi connectivity index (χ1) is 6.56. The van der Waals surface area contributed by atoms with Crippen LogP contribution in [0.25, 0.3) is 0 Å². The molecule has 0 unspecified atom stereocenters. The van der Waals surface area contributed by atoms with Crippen LogP contribution >= 0.6 is 11.6 Å². The second-order valence-corrected chi connectivity index (χ2v) is 4.02. The van der Waals surface area contributed by atoms with Crippen LogP contribution in [0.5, 0.6) is 5.75 Å². The molecule has 1 aromatic carbocycles. The predicted octanol–water partition coefficient (Wildman–Crippen LogP) is 3.69. The van der Waals surface area contributed by atoms with Crippen molar-refractivity contribution in [2.75, 3.05) is 7.11 Å². The third-order valence-corrected chi connectivity index (χ3v) is 2.40. The zero-order valence-electron chi connectivity index (χ0n) is 8.60. The second kappa shape index (κ2) is 4.65. The molecule has 0 radical (unpaired) electrons. The number of hydrogen-bond donors (Lipinski definition) is 0. The van der Waals surface area contributed by atoms with E-state index in [1.165, 1.54) is 13.2 Å². The largest absolute Gasteiger partial charge is 0.495 e. The molecule has 1 nitrogen and oxygen atoms in total. The van der Waals surface area contributed by atoms with Crippen LogP contribution in [0.15, 0.2) is 12.1 Å². The lowest BCUT2D eigenvalue weighted by Crippen LogP contribution is -2.00. The lowest BCUT2D eigenvalue weighted by atomic mass is 10.0. The molecule has 0 atom stereocenters. The maximum absolute atomic E-state index is 13.4. The SMILES string of the molecule is COc1ccc(F)c(CC(C)C)c1Cl. The normalized spacial score (nSPS) is 10.7. The number of halogens is 2. The zero-order valence-corrected chi connectivity index (χ0v) is 9.36. The number of hydrogen-bond acceptors (Lipinski definition) is 1. The molecule has 0 aromatic heterocycles. The highest BCUT2D eigenvalue weighted by atomic mass is 35.5. The van der Waals surface area contributed by atoms with Crippen molar-refractivity contribution in [1.29, 1.82) is 0 Å². The van der Waals surface area contributed by atoms with E-state index in [9.17, 15) is 4.39 Å². The van der Waals surface area contributed by atoms with Crippen molar-refractivity contribution in [2.45, 2.75) is 20.3 Å². The van der Waals surface area contributed by atoms with Gasteiger partial charge in [0.1, 0.15) is 11.6 Å². The van der Waals surface area contributed by atoms with E-state index < -0.39 is 0 Å². The molecule has 0 saturated heterocycles. The van der Waals surface area contributed by atoms with Gasteiger partial charge in [-0.2, -0.15) is 0 Å². The van der Waals surface area contributed by atoms with Crippen LogP contribution in [-0.4, -0.2) is 7.11 Å². The minimum atomic E-state index is -0.260. The highest BCUT2D eigenvalue weighted by molar-refractivity contribution is 6.32. The van der Waals surface area contributed by atoms with Gasteiger partial charge in [0.15, 0.2) is 0 Å².